The third kappa shape index (κ3) is 2.47. The van der Waals surface area contributed by atoms with Crippen LogP contribution in [0.1, 0.15) is 5.56 Å². The van der Waals surface area contributed by atoms with E-state index in [1.807, 2.05) is 0 Å². The van der Waals surface area contributed by atoms with Crippen LogP contribution in [0.5, 0.6) is 0 Å². The molecule has 1 unspecified atom stereocenters. The van der Waals surface area contributed by atoms with Crippen molar-refractivity contribution in [1.29, 1.82) is 0 Å². The Balaban J connectivity index is 2.87. The molecule has 0 fully saturated rings. The van der Waals surface area contributed by atoms with Crippen molar-refractivity contribution in [1.82, 2.24) is 0 Å². The maximum atomic E-state index is 13.0. The van der Waals surface area contributed by atoms with Crippen molar-refractivity contribution in [2.75, 3.05) is 6.61 Å². The van der Waals surface area contributed by atoms with Gasteiger partial charge in [0.15, 0.2) is 0 Å². The first-order valence-electron chi connectivity index (χ1n) is 3.94. The lowest BCUT2D eigenvalue weighted by Gasteiger charge is -2.09. The monoisotopic (exact) mass is 187 g/mol. The Bertz CT molecular complexity index is 271. The molecule has 1 aromatic carbocycles. The molecule has 0 saturated carbocycles. The minimum Gasteiger partial charge on any atom is -0.395 e. The second-order valence-electron chi connectivity index (χ2n) is 2.85. The molecule has 1 atom stereocenters. The number of aliphatic hydroxyl groups excluding tert-OH is 1. The highest BCUT2D eigenvalue weighted by Gasteiger charge is 2.11. The van der Waals surface area contributed by atoms with E-state index in [2.05, 4.69) is 0 Å². The SMILES string of the molecule is NC(CO)Cc1c(F)cccc1F. The van der Waals surface area contributed by atoms with Gasteiger partial charge in [0.1, 0.15) is 11.6 Å². The lowest BCUT2D eigenvalue weighted by molar-refractivity contribution is 0.263. The van der Waals surface area contributed by atoms with Crippen LogP contribution in [0.4, 0.5) is 8.78 Å². The molecule has 3 N–H and O–H groups in total. The van der Waals surface area contributed by atoms with Crippen molar-refractivity contribution < 1.29 is 13.9 Å². The van der Waals surface area contributed by atoms with Crippen molar-refractivity contribution in [3.63, 3.8) is 0 Å². The average molecular weight is 187 g/mol. The predicted octanol–water partition coefficient (Wildman–Crippen LogP) is 0.827. The third-order valence-electron chi connectivity index (χ3n) is 1.76. The van der Waals surface area contributed by atoms with E-state index in [9.17, 15) is 8.78 Å². The first kappa shape index (κ1) is 10.1. The summed E-state index contributed by atoms with van der Waals surface area (Å²) in [6.45, 7) is -0.284. The quantitative estimate of drug-likeness (QED) is 0.736. The van der Waals surface area contributed by atoms with Gasteiger partial charge in [0, 0.05) is 11.6 Å². The Labute approximate surface area is 75.0 Å². The molecular formula is C9H11F2NO. The predicted molar refractivity (Wildman–Crippen MR) is 45.1 cm³/mol. The summed E-state index contributed by atoms with van der Waals surface area (Å²) in [5, 5.41) is 8.61. The Morgan fingerprint density at radius 2 is 1.85 bits per heavy atom. The van der Waals surface area contributed by atoms with E-state index in [1.165, 1.54) is 18.2 Å². The van der Waals surface area contributed by atoms with Crippen LogP contribution in [0.25, 0.3) is 0 Å². The van der Waals surface area contributed by atoms with E-state index in [4.69, 9.17) is 10.8 Å². The maximum Gasteiger partial charge on any atom is 0.129 e. The fourth-order valence-corrected chi connectivity index (χ4v) is 1.05. The van der Waals surface area contributed by atoms with Crippen molar-refractivity contribution >= 4 is 0 Å². The number of benzene rings is 1. The molecule has 1 rings (SSSR count). The zero-order valence-electron chi connectivity index (χ0n) is 7.00. The van der Waals surface area contributed by atoms with Crippen molar-refractivity contribution in [3.05, 3.63) is 35.4 Å². The van der Waals surface area contributed by atoms with Gasteiger partial charge < -0.3 is 10.8 Å². The third-order valence-corrected chi connectivity index (χ3v) is 1.76. The van der Waals surface area contributed by atoms with E-state index in [0.29, 0.717) is 0 Å². The molecule has 13 heavy (non-hydrogen) atoms. The van der Waals surface area contributed by atoms with Gasteiger partial charge in [-0.25, -0.2) is 8.78 Å². The lowest BCUT2D eigenvalue weighted by Crippen LogP contribution is -2.27. The zero-order valence-corrected chi connectivity index (χ0v) is 7.00. The Hall–Kier alpha value is -1.00. The number of halogens is 2. The number of nitrogens with two attached hydrogens (primary N) is 1. The van der Waals surface area contributed by atoms with Gasteiger partial charge in [-0.05, 0) is 18.6 Å². The fraction of sp³-hybridized carbons (Fsp3) is 0.333. The van der Waals surface area contributed by atoms with Gasteiger partial charge in [0.25, 0.3) is 0 Å². The van der Waals surface area contributed by atoms with Gasteiger partial charge in [-0.3, -0.25) is 0 Å². The molecule has 0 spiro atoms. The van der Waals surface area contributed by atoms with E-state index < -0.39 is 17.7 Å². The maximum absolute atomic E-state index is 13.0. The lowest BCUT2D eigenvalue weighted by atomic mass is 10.1. The molecule has 4 heteroatoms. The number of rotatable bonds is 3. The van der Waals surface area contributed by atoms with E-state index in [1.54, 1.807) is 0 Å². The second-order valence-corrected chi connectivity index (χ2v) is 2.85. The highest BCUT2D eigenvalue weighted by molar-refractivity contribution is 5.20. The van der Waals surface area contributed by atoms with Gasteiger partial charge in [0.05, 0.1) is 6.61 Å². The molecule has 1 aromatic rings. The molecule has 0 radical (unpaired) electrons. The average Bonchev–Trinajstić information content (AvgIpc) is 2.11. The summed E-state index contributed by atoms with van der Waals surface area (Å²) < 4.78 is 25.9. The molecule has 0 aliphatic heterocycles. The van der Waals surface area contributed by atoms with Crippen LogP contribution in [0.2, 0.25) is 0 Å². The van der Waals surface area contributed by atoms with Crippen LogP contribution in [-0.4, -0.2) is 17.8 Å². The first-order valence-corrected chi connectivity index (χ1v) is 3.94. The van der Waals surface area contributed by atoms with Crippen molar-refractivity contribution in [3.8, 4) is 0 Å². The van der Waals surface area contributed by atoms with E-state index in [-0.39, 0.29) is 18.6 Å². The Morgan fingerprint density at radius 1 is 1.31 bits per heavy atom. The van der Waals surface area contributed by atoms with Crippen LogP contribution in [0.15, 0.2) is 18.2 Å². The zero-order chi connectivity index (χ0) is 9.84. The summed E-state index contributed by atoms with van der Waals surface area (Å²) in [5.74, 6) is -1.24. The van der Waals surface area contributed by atoms with Gasteiger partial charge in [-0.2, -0.15) is 0 Å². The summed E-state index contributed by atoms with van der Waals surface area (Å²) in [6, 6.07) is 3.01. The van der Waals surface area contributed by atoms with Gasteiger partial charge in [0.2, 0.25) is 0 Å². The van der Waals surface area contributed by atoms with Crippen molar-refractivity contribution in [2.24, 2.45) is 5.73 Å². The van der Waals surface area contributed by atoms with Crippen LogP contribution in [-0.2, 0) is 6.42 Å². The molecule has 0 aromatic heterocycles. The van der Waals surface area contributed by atoms with Gasteiger partial charge in [-0.1, -0.05) is 6.07 Å². The van der Waals surface area contributed by atoms with E-state index in [0.717, 1.165) is 0 Å². The highest BCUT2D eigenvalue weighted by atomic mass is 19.1. The second kappa shape index (κ2) is 4.30. The molecule has 0 aliphatic rings. The Kier molecular flexibility index (Phi) is 3.33. The molecular weight excluding hydrogens is 176 g/mol. The minimum absolute atomic E-state index is 0.00894. The number of aliphatic hydroxyl groups is 1. The van der Waals surface area contributed by atoms with Crippen LogP contribution in [0.3, 0.4) is 0 Å². The summed E-state index contributed by atoms with van der Waals surface area (Å²) in [7, 11) is 0. The molecule has 0 amide bonds. The largest absolute Gasteiger partial charge is 0.395 e. The van der Waals surface area contributed by atoms with Crippen LogP contribution in [0, 0.1) is 11.6 Å². The summed E-state index contributed by atoms with van der Waals surface area (Å²) in [6.07, 6.45) is 0.00894. The molecule has 0 saturated heterocycles. The fourth-order valence-electron chi connectivity index (χ4n) is 1.05. The smallest absolute Gasteiger partial charge is 0.129 e. The summed E-state index contributed by atoms with van der Waals surface area (Å²) in [4.78, 5) is 0. The summed E-state index contributed by atoms with van der Waals surface area (Å²) >= 11 is 0. The highest BCUT2D eigenvalue weighted by Crippen LogP contribution is 2.13. The van der Waals surface area contributed by atoms with Crippen LogP contribution < -0.4 is 5.73 Å². The Morgan fingerprint density at radius 3 is 2.31 bits per heavy atom. The first-order chi connectivity index (χ1) is 6.15. The number of hydrogen-bond acceptors (Lipinski definition) is 2. The molecule has 72 valence electrons. The molecule has 0 bridgehead atoms. The van der Waals surface area contributed by atoms with Crippen LogP contribution >= 0.6 is 0 Å². The van der Waals surface area contributed by atoms with Crippen molar-refractivity contribution in [2.45, 2.75) is 12.5 Å². The minimum atomic E-state index is -0.621. The molecule has 2 nitrogen and oxygen atoms in total. The number of hydrogen-bond donors (Lipinski definition) is 2. The van der Waals surface area contributed by atoms with E-state index >= 15 is 0 Å². The summed E-state index contributed by atoms with van der Waals surface area (Å²) in [5.41, 5.74) is 5.29. The normalized spacial score (nSPS) is 12.9. The molecule has 0 heterocycles. The standard InChI is InChI=1S/C9H11F2NO/c10-8-2-1-3-9(11)7(8)4-6(12)5-13/h1-3,6,13H,4-5,12H2. The van der Waals surface area contributed by atoms with Gasteiger partial charge >= 0.3 is 0 Å². The molecule has 0 aliphatic carbocycles. The topological polar surface area (TPSA) is 46.2 Å². The van der Waals surface area contributed by atoms with Gasteiger partial charge in [-0.15, -0.1) is 0 Å².